The Morgan fingerprint density at radius 1 is 0.815 bits per heavy atom. The zero-order chi connectivity index (χ0) is 18.5. The molecule has 0 saturated heterocycles. The first-order valence-corrected chi connectivity index (χ1v) is 8.39. The van der Waals surface area contributed by atoms with Crippen molar-refractivity contribution < 1.29 is 13.5 Å². The number of hydrogen-bond donors (Lipinski definition) is 1. The van der Waals surface area contributed by atoms with Gasteiger partial charge in [0.15, 0.2) is 6.61 Å². The first-order valence-electron chi connectivity index (χ1n) is 8.39. The molecule has 0 aliphatic carbocycles. The standard InChI is InChI=1S/C21H16FN3O2/c22-17-8-10-18(11-9-17)23-21-25-24-20(27-21)14-26-19-12-6-16(7-13-19)15-4-2-1-3-5-15/h1-13H,14H2,(H,23,25). The molecule has 0 spiro atoms. The highest BCUT2D eigenvalue weighted by Crippen LogP contribution is 2.23. The van der Waals surface area contributed by atoms with E-state index in [0.29, 0.717) is 17.3 Å². The molecule has 4 aromatic rings. The number of rotatable bonds is 6. The lowest BCUT2D eigenvalue weighted by Gasteiger charge is -2.05. The lowest BCUT2D eigenvalue weighted by atomic mass is 10.1. The topological polar surface area (TPSA) is 60.2 Å². The van der Waals surface area contributed by atoms with Gasteiger partial charge in [0.1, 0.15) is 11.6 Å². The van der Waals surface area contributed by atoms with Crippen LogP contribution in [0.2, 0.25) is 0 Å². The maximum absolute atomic E-state index is 12.9. The molecule has 3 aromatic carbocycles. The zero-order valence-corrected chi connectivity index (χ0v) is 14.3. The molecule has 0 atom stereocenters. The van der Waals surface area contributed by atoms with Crippen LogP contribution in [0.25, 0.3) is 11.1 Å². The van der Waals surface area contributed by atoms with Crippen LogP contribution in [0, 0.1) is 5.82 Å². The molecule has 6 heteroatoms. The van der Waals surface area contributed by atoms with Crippen LogP contribution < -0.4 is 10.1 Å². The van der Waals surface area contributed by atoms with Gasteiger partial charge in [0.05, 0.1) is 0 Å². The van der Waals surface area contributed by atoms with Crippen LogP contribution >= 0.6 is 0 Å². The molecule has 0 bridgehead atoms. The van der Waals surface area contributed by atoms with E-state index in [0.717, 1.165) is 11.1 Å². The summed E-state index contributed by atoms with van der Waals surface area (Å²) in [5, 5.41) is 10.7. The Hall–Kier alpha value is -3.67. The Balaban J connectivity index is 1.35. The van der Waals surface area contributed by atoms with Gasteiger partial charge in [-0.25, -0.2) is 4.39 Å². The quantitative estimate of drug-likeness (QED) is 0.512. The highest BCUT2D eigenvalue weighted by atomic mass is 19.1. The van der Waals surface area contributed by atoms with Crippen molar-refractivity contribution in [2.45, 2.75) is 6.61 Å². The van der Waals surface area contributed by atoms with Gasteiger partial charge in [0.2, 0.25) is 0 Å². The minimum Gasteiger partial charge on any atom is -0.484 e. The Kier molecular flexibility index (Phi) is 4.78. The average Bonchev–Trinajstić information content (AvgIpc) is 3.17. The number of halogens is 1. The fourth-order valence-corrected chi connectivity index (χ4v) is 2.54. The molecule has 0 saturated carbocycles. The molecule has 0 amide bonds. The normalized spacial score (nSPS) is 10.6. The number of nitrogens with zero attached hydrogens (tertiary/aromatic N) is 2. The third-order valence-electron chi connectivity index (χ3n) is 3.89. The summed E-state index contributed by atoms with van der Waals surface area (Å²) < 4.78 is 24.1. The van der Waals surface area contributed by atoms with Crippen molar-refractivity contribution in [2.24, 2.45) is 0 Å². The van der Waals surface area contributed by atoms with Crippen LogP contribution in [0.1, 0.15) is 5.89 Å². The van der Waals surface area contributed by atoms with Gasteiger partial charge in [-0.05, 0) is 47.5 Å². The Bertz CT molecular complexity index is 1000. The molecule has 1 aromatic heterocycles. The van der Waals surface area contributed by atoms with E-state index in [1.54, 1.807) is 12.1 Å². The molecule has 4 rings (SSSR count). The van der Waals surface area contributed by atoms with Crippen molar-refractivity contribution in [1.82, 2.24) is 10.2 Å². The summed E-state index contributed by atoms with van der Waals surface area (Å²) in [4.78, 5) is 0. The summed E-state index contributed by atoms with van der Waals surface area (Å²) in [6.07, 6.45) is 0. The van der Waals surface area contributed by atoms with Gasteiger partial charge in [-0.2, -0.15) is 0 Å². The number of aromatic nitrogens is 2. The van der Waals surface area contributed by atoms with E-state index >= 15 is 0 Å². The van der Waals surface area contributed by atoms with Crippen LogP contribution in [-0.4, -0.2) is 10.2 Å². The fraction of sp³-hybridized carbons (Fsp3) is 0.0476. The molecule has 5 nitrogen and oxygen atoms in total. The second kappa shape index (κ2) is 7.70. The average molecular weight is 361 g/mol. The smallest absolute Gasteiger partial charge is 0.320 e. The molecule has 0 unspecified atom stereocenters. The Morgan fingerprint density at radius 3 is 2.26 bits per heavy atom. The highest BCUT2D eigenvalue weighted by Gasteiger charge is 2.07. The lowest BCUT2D eigenvalue weighted by Crippen LogP contribution is -1.95. The molecule has 0 radical (unpaired) electrons. The molecule has 134 valence electrons. The first-order chi connectivity index (χ1) is 13.3. The third kappa shape index (κ3) is 4.30. The summed E-state index contributed by atoms with van der Waals surface area (Å²) in [6, 6.07) is 24.0. The summed E-state index contributed by atoms with van der Waals surface area (Å²) in [7, 11) is 0. The third-order valence-corrected chi connectivity index (χ3v) is 3.89. The summed E-state index contributed by atoms with van der Waals surface area (Å²) in [5.74, 6) is 0.742. The van der Waals surface area contributed by atoms with Crippen molar-refractivity contribution in [2.75, 3.05) is 5.32 Å². The van der Waals surface area contributed by atoms with Crippen LogP contribution in [0.5, 0.6) is 5.75 Å². The predicted octanol–water partition coefficient (Wildman–Crippen LogP) is 5.20. The van der Waals surface area contributed by atoms with Gasteiger partial charge in [0.25, 0.3) is 5.89 Å². The molecule has 1 heterocycles. The van der Waals surface area contributed by atoms with Crippen molar-refractivity contribution in [3.05, 3.63) is 90.6 Å². The van der Waals surface area contributed by atoms with E-state index in [4.69, 9.17) is 9.15 Å². The molecule has 1 N–H and O–H groups in total. The van der Waals surface area contributed by atoms with Crippen molar-refractivity contribution in [1.29, 1.82) is 0 Å². The Labute approximate surface area is 155 Å². The molecule has 0 aliphatic heterocycles. The molecular weight excluding hydrogens is 345 g/mol. The molecular formula is C21H16FN3O2. The minimum atomic E-state index is -0.307. The monoisotopic (exact) mass is 361 g/mol. The van der Waals surface area contributed by atoms with Crippen LogP contribution in [-0.2, 0) is 6.61 Å². The SMILES string of the molecule is Fc1ccc(Nc2nnc(COc3ccc(-c4ccccc4)cc3)o2)cc1. The van der Waals surface area contributed by atoms with Gasteiger partial charge in [0, 0.05) is 5.69 Å². The maximum Gasteiger partial charge on any atom is 0.320 e. The number of hydrogen-bond acceptors (Lipinski definition) is 5. The van der Waals surface area contributed by atoms with E-state index in [-0.39, 0.29) is 18.4 Å². The Morgan fingerprint density at radius 2 is 1.52 bits per heavy atom. The van der Waals surface area contributed by atoms with Gasteiger partial charge in [-0.1, -0.05) is 47.6 Å². The highest BCUT2D eigenvalue weighted by molar-refractivity contribution is 5.63. The van der Waals surface area contributed by atoms with Crippen molar-refractivity contribution in [3.63, 3.8) is 0 Å². The van der Waals surface area contributed by atoms with Crippen molar-refractivity contribution in [3.8, 4) is 16.9 Å². The van der Waals surface area contributed by atoms with E-state index in [2.05, 4.69) is 27.6 Å². The number of nitrogens with one attached hydrogen (secondary N) is 1. The molecule has 0 aliphatic rings. The number of ether oxygens (including phenoxy) is 1. The fourth-order valence-electron chi connectivity index (χ4n) is 2.54. The number of benzene rings is 3. The second-order valence-corrected chi connectivity index (χ2v) is 5.81. The summed E-state index contributed by atoms with van der Waals surface area (Å²) in [5.41, 5.74) is 2.92. The van der Waals surface area contributed by atoms with Gasteiger partial charge in [-0.3, -0.25) is 0 Å². The van der Waals surface area contributed by atoms with Crippen molar-refractivity contribution >= 4 is 11.7 Å². The van der Waals surface area contributed by atoms with Crippen LogP contribution in [0.15, 0.2) is 83.3 Å². The van der Waals surface area contributed by atoms with E-state index < -0.39 is 0 Å². The zero-order valence-electron chi connectivity index (χ0n) is 14.3. The van der Waals surface area contributed by atoms with Gasteiger partial charge in [-0.15, -0.1) is 5.10 Å². The molecule has 27 heavy (non-hydrogen) atoms. The predicted molar refractivity (Wildman–Crippen MR) is 100 cm³/mol. The van der Waals surface area contributed by atoms with Crippen LogP contribution in [0.3, 0.4) is 0 Å². The summed E-state index contributed by atoms with van der Waals surface area (Å²) >= 11 is 0. The van der Waals surface area contributed by atoms with E-state index in [1.165, 1.54) is 12.1 Å². The molecule has 0 fully saturated rings. The van der Waals surface area contributed by atoms with Gasteiger partial charge < -0.3 is 14.5 Å². The van der Waals surface area contributed by atoms with E-state index in [9.17, 15) is 4.39 Å². The largest absolute Gasteiger partial charge is 0.484 e. The summed E-state index contributed by atoms with van der Waals surface area (Å²) in [6.45, 7) is 0.156. The van der Waals surface area contributed by atoms with Gasteiger partial charge >= 0.3 is 6.01 Å². The lowest BCUT2D eigenvalue weighted by molar-refractivity contribution is 0.265. The second-order valence-electron chi connectivity index (χ2n) is 5.81. The van der Waals surface area contributed by atoms with Crippen LogP contribution in [0.4, 0.5) is 16.1 Å². The maximum atomic E-state index is 12.9. The van der Waals surface area contributed by atoms with E-state index in [1.807, 2.05) is 42.5 Å². The first kappa shape index (κ1) is 16.8. The number of anilines is 2. The minimum absolute atomic E-state index is 0.156.